The first-order valence-corrected chi connectivity index (χ1v) is 9.70. The number of aromatic amines is 1. The number of fused-ring (bicyclic) bond motifs is 3. The van der Waals surface area contributed by atoms with Crippen LogP contribution < -0.4 is 5.56 Å². The monoisotopic (exact) mass is 375 g/mol. The number of rotatable bonds is 3. The van der Waals surface area contributed by atoms with Gasteiger partial charge in [-0.1, -0.05) is 36.6 Å². The van der Waals surface area contributed by atoms with Crippen LogP contribution in [0.15, 0.2) is 59.0 Å². The molecule has 0 atom stereocenters. The first-order chi connectivity index (χ1) is 13.7. The van der Waals surface area contributed by atoms with Gasteiger partial charge in [-0.3, -0.25) is 4.79 Å². The number of aromatic nitrogens is 3. The lowest BCUT2D eigenvalue weighted by atomic mass is 9.79. The maximum Gasteiger partial charge on any atom is 0.338 e. The Morgan fingerprint density at radius 3 is 2.79 bits per heavy atom. The molecule has 28 heavy (non-hydrogen) atoms. The topological polar surface area (TPSA) is 76.5 Å². The van der Waals surface area contributed by atoms with Gasteiger partial charge >= 0.3 is 5.97 Å². The minimum atomic E-state index is -0.331. The summed E-state index contributed by atoms with van der Waals surface area (Å²) < 4.78 is 6.89. The molecule has 6 heteroatoms. The molecule has 0 radical (unpaired) electrons. The molecule has 0 saturated heterocycles. The molecule has 1 saturated carbocycles. The van der Waals surface area contributed by atoms with Gasteiger partial charge in [0.05, 0.1) is 11.8 Å². The van der Waals surface area contributed by atoms with Crippen LogP contribution in [0.3, 0.4) is 0 Å². The van der Waals surface area contributed by atoms with Gasteiger partial charge in [-0.25, -0.2) is 4.79 Å². The van der Waals surface area contributed by atoms with E-state index in [2.05, 4.69) is 10.1 Å². The third kappa shape index (κ3) is 2.52. The number of carbonyl (C=O) groups excluding carboxylic acids is 1. The van der Waals surface area contributed by atoms with Crippen molar-refractivity contribution in [2.24, 2.45) is 0 Å². The molecular weight excluding hydrogens is 354 g/mol. The van der Waals surface area contributed by atoms with Gasteiger partial charge in [0.15, 0.2) is 0 Å². The van der Waals surface area contributed by atoms with Gasteiger partial charge in [0.2, 0.25) is 0 Å². The first kappa shape index (κ1) is 17.0. The summed E-state index contributed by atoms with van der Waals surface area (Å²) in [6, 6.07) is 10.8. The van der Waals surface area contributed by atoms with Crippen molar-refractivity contribution in [1.29, 1.82) is 0 Å². The van der Waals surface area contributed by atoms with Gasteiger partial charge in [0, 0.05) is 29.2 Å². The largest absolute Gasteiger partial charge is 0.458 e. The molecule has 1 N–H and O–H groups in total. The van der Waals surface area contributed by atoms with Gasteiger partial charge in [-0.05, 0) is 31.1 Å². The van der Waals surface area contributed by atoms with Crippen LogP contribution in [0, 0.1) is 0 Å². The number of ether oxygens (including phenoxy) is 1. The highest BCUT2D eigenvalue weighted by Crippen LogP contribution is 2.51. The third-order valence-electron chi connectivity index (χ3n) is 6.12. The van der Waals surface area contributed by atoms with Crippen LogP contribution in [0.1, 0.15) is 47.3 Å². The van der Waals surface area contributed by atoms with Crippen LogP contribution in [0.2, 0.25) is 0 Å². The number of nitrogens with one attached hydrogen (secondary N) is 1. The zero-order valence-electron chi connectivity index (χ0n) is 15.5. The van der Waals surface area contributed by atoms with Gasteiger partial charge in [-0.2, -0.15) is 9.61 Å². The summed E-state index contributed by atoms with van der Waals surface area (Å²) in [5.74, 6) is -0.331. The van der Waals surface area contributed by atoms with Crippen molar-refractivity contribution in [3.8, 4) is 0 Å². The van der Waals surface area contributed by atoms with Crippen molar-refractivity contribution in [1.82, 2.24) is 14.6 Å². The van der Waals surface area contributed by atoms with Crippen molar-refractivity contribution < 1.29 is 9.53 Å². The lowest BCUT2D eigenvalue weighted by Crippen LogP contribution is -2.26. The Labute approximate surface area is 161 Å². The minimum Gasteiger partial charge on any atom is -0.458 e. The van der Waals surface area contributed by atoms with Crippen molar-refractivity contribution in [3.63, 3.8) is 0 Å². The molecule has 6 nitrogen and oxygen atoms in total. The molecule has 2 aliphatic carbocycles. The summed E-state index contributed by atoms with van der Waals surface area (Å²) in [4.78, 5) is 28.6. The van der Waals surface area contributed by atoms with Gasteiger partial charge in [-0.15, -0.1) is 0 Å². The second kappa shape index (κ2) is 6.48. The number of H-pyrrole nitrogens is 1. The highest BCUT2D eigenvalue weighted by atomic mass is 16.5. The SMILES string of the molecule is O=C(OC/C=C1\Cc2c([nH]c3ccnn3c2=O)C12CCCC2)c1ccccc1. The molecule has 0 amide bonds. The molecule has 2 aliphatic rings. The summed E-state index contributed by atoms with van der Waals surface area (Å²) in [5.41, 5.74) is 4.09. The Balaban J connectivity index is 1.46. The molecule has 1 fully saturated rings. The van der Waals surface area contributed by atoms with E-state index in [1.165, 1.54) is 10.1 Å². The zero-order chi connectivity index (χ0) is 19.1. The van der Waals surface area contributed by atoms with Crippen LogP contribution in [-0.2, 0) is 16.6 Å². The van der Waals surface area contributed by atoms with E-state index in [0.717, 1.165) is 42.6 Å². The number of benzene rings is 1. The van der Waals surface area contributed by atoms with E-state index in [1.54, 1.807) is 18.3 Å². The highest BCUT2D eigenvalue weighted by molar-refractivity contribution is 5.89. The van der Waals surface area contributed by atoms with E-state index < -0.39 is 0 Å². The number of allylic oxidation sites excluding steroid dienone is 1. The van der Waals surface area contributed by atoms with Gasteiger partial charge in [0.25, 0.3) is 5.56 Å². The second-order valence-corrected chi connectivity index (χ2v) is 7.57. The van der Waals surface area contributed by atoms with Gasteiger partial charge < -0.3 is 9.72 Å². The molecular formula is C22H21N3O3. The predicted molar refractivity (Wildman–Crippen MR) is 104 cm³/mol. The summed E-state index contributed by atoms with van der Waals surface area (Å²) in [7, 11) is 0. The standard InChI is InChI=1S/C22H21N3O3/c26-20-17-14-16(9-13-28-21(27)15-6-2-1-3-7-15)22(10-4-5-11-22)19(17)24-18-8-12-23-25(18)20/h1-3,6-9,12,24H,4-5,10-11,13-14H2/b16-9+. The van der Waals surface area contributed by atoms with Crippen molar-refractivity contribution in [3.05, 3.63) is 81.4 Å². The van der Waals surface area contributed by atoms with E-state index in [9.17, 15) is 9.59 Å². The molecule has 142 valence electrons. The molecule has 1 spiro atoms. The molecule has 1 aromatic carbocycles. The summed E-state index contributed by atoms with van der Waals surface area (Å²) in [5, 5.41) is 4.14. The fraction of sp³-hybridized carbons (Fsp3) is 0.318. The number of esters is 1. The Hall–Kier alpha value is -3.15. The number of nitrogens with zero attached hydrogens (tertiary/aromatic N) is 2. The van der Waals surface area contributed by atoms with Crippen LogP contribution in [0.25, 0.3) is 5.65 Å². The molecule has 0 bridgehead atoms. The van der Waals surface area contributed by atoms with Crippen LogP contribution in [0.5, 0.6) is 0 Å². The Morgan fingerprint density at radius 1 is 1.21 bits per heavy atom. The lowest BCUT2D eigenvalue weighted by Gasteiger charge is -2.26. The van der Waals surface area contributed by atoms with Crippen LogP contribution >= 0.6 is 0 Å². The average molecular weight is 375 g/mol. The molecule has 0 unspecified atom stereocenters. The molecule has 5 rings (SSSR count). The van der Waals surface area contributed by atoms with E-state index in [-0.39, 0.29) is 23.6 Å². The van der Waals surface area contributed by atoms with Crippen molar-refractivity contribution >= 4 is 11.6 Å². The van der Waals surface area contributed by atoms with Crippen molar-refractivity contribution in [2.45, 2.75) is 37.5 Å². The summed E-state index contributed by atoms with van der Waals surface area (Å²) >= 11 is 0. The predicted octanol–water partition coefficient (Wildman–Crippen LogP) is 3.17. The second-order valence-electron chi connectivity index (χ2n) is 7.57. The Bertz CT molecular complexity index is 1130. The van der Waals surface area contributed by atoms with Crippen molar-refractivity contribution in [2.75, 3.05) is 6.61 Å². The number of hydrogen-bond donors (Lipinski definition) is 1. The first-order valence-electron chi connectivity index (χ1n) is 9.70. The minimum absolute atomic E-state index is 0.0512. The number of carbonyl (C=O) groups is 1. The smallest absolute Gasteiger partial charge is 0.338 e. The summed E-state index contributed by atoms with van der Waals surface area (Å²) in [6.07, 6.45) is 8.52. The molecule has 3 aromatic rings. The normalized spacial score (nSPS) is 18.8. The van der Waals surface area contributed by atoms with E-state index in [1.807, 2.05) is 30.3 Å². The summed E-state index contributed by atoms with van der Waals surface area (Å²) in [6.45, 7) is 0.212. The molecule has 2 aromatic heterocycles. The average Bonchev–Trinajstić information content (AvgIpc) is 3.45. The fourth-order valence-corrected chi connectivity index (χ4v) is 4.78. The van der Waals surface area contributed by atoms with E-state index in [4.69, 9.17) is 4.74 Å². The third-order valence-corrected chi connectivity index (χ3v) is 6.12. The Kier molecular flexibility index (Phi) is 3.93. The quantitative estimate of drug-likeness (QED) is 0.563. The van der Waals surface area contributed by atoms with Crippen LogP contribution in [-0.4, -0.2) is 27.2 Å². The zero-order valence-corrected chi connectivity index (χ0v) is 15.5. The van der Waals surface area contributed by atoms with E-state index in [0.29, 0.717) is 12.0 Å². The molecule has 2 heterocycles. The highest BCUT2D eigenvalue weighted by Gasteiger charge is 2.46. The molecule has 0 aliphatic heterocycles. The lowest BCUT2D eigenvalue weighted by molar-refractivity contribution is 0.0548. The maximum absolute atomic E-state index is 12.9. The van der Waals surface area contributed by atoms with Crippen LogP contribution in [0.4, 0.5) is 0 Å². The van der Waals surface area contributed by atoms with E-state index >= 15 is 0 Å². The fourth-order valence-electron chi connectivity index (χ4n) is 4.78. The number of hydrogen-bond acceptors (Lipinski definition) is 4. The Morgan fingerprint density at radius 2 is 2.00 bits per heavy atom. The maximum atomic E-state index is 12.9. The van der Waals surface area contributed by atoms with Gasteiger partial charge in [0.1, 0.15) is 12.3 Å².